The molecule has 5 heteroatoms. The van der Waals surface area contributed by atoms with Crippen LogP contribution in [0.4, 0.5) is 4.39 Å². The van der Waals surface area contributed by atoms with Crippen LogP contribution in [0.25, 0.3) is 0 Å². The molecule has 0 saturated carbocycles. The Morgan fingerprint density at radius 3 is 2.58 bits per heavy atom. The van der Waals surface area contributed by atoms with Gasteiger partial charge in [0.25, 0.3) is 0 Å². The Hall–Kier alpha value is -2.24. The van der Waals surface area contributed by atoms with E-state index in [1.54, 1.807) is 30.3 Å². The van der Waals surface area contributed by atoms with E-state index in [0.717, 1.165) is 11.1 Å². The summed E-state index contributed by atoms with van der Waals surface area (Å²) in [4.78, 5) is 13.4. The minimum Gasteiger partial charge on any atom is -0.478 e. The first kappa shape index (κ1) is 16.6. The monoisotopic (exact) mass is 329 g/mol. The molecule has 1 saturated heterocycles. The predicted molar refractivity (Wildman–Crippen MR) is 88.3 cm³/mol. The van der Waals surface area contributed by atoms with Gasteiger partial charge in [0.2, 0.25) is 0 Å². The van der Waals surface area contributed by atoms with E-state index < -0.39 is 11.6 Å². The molecule has 2 N–H and O–H groups in total. The van der Waals surface area contributed by atoms with Gasteiger partial charge < -0.3 is 10.2 Å². The molecular weight excluding hydrogens is 309 g/mol. The largest absolute Gasteiger partial charge is 0.478 e. The average molecular weight is 329 g/mol. The number of aliphatic hydroxyl groups is 1. The van der Waals surface area contributed by atoms with E-state index in [2.05, 4.69) is 4.90 Å². The lowest BCUT2D eigenvalue weighted by Crippen LogP contribution is -2.35. The van der Waals surface area contributed by atoms with Gasteiger partial charge in [0.1, 0.15) is 5.82 Å². The molecule has 24 heavy (non-hydrogen) atoms. The van der Waals surface area contributed by atoms with E-state index in [1.807, 2.05) is 6.07 Å². The van der Waals surface area contributed by atoms with Crippen LogP contribution in [-0.2, 0) is 13.0 Å². The second kappa shape index (κ2) is 6.71. The van der Waals surface area contributed by atoms with Crippen LogP contribution in [0.15, 0.2) is 48.5 Å². The number of carboxylic acids is 1. The second-order valence-corrected chi connectivity index (χ2v) is 6.45. The Kier molecular flexibility index (Phi) is 4.64. The van der Waals surface area contributed by atoms with Gasteiger partial charge in [0, 0.05) is 26.1 Å². The molecule has 2 aromatic rings. The van der Waals surface area contributed by atoms with Crippen molar-refractivity contribution in [3.05, 3.63) is 71.0 Å². The number of aromatic carboxylic acids is 1. The molecule has 1 aliphatic rings. The van der Waals surface area contributed by atoms with Gasteiger partial charge >= 0.3 is 5.97 Å². The number of β-amino-alcohol motifs (C(OH)–C–C–N with tert-alkyl or cyclic N) is 1. The van der Waals surface area contributed by atoms with Crippen molar-refractivity contribution >= 4 is 5.97 Å². The van der Waals surface area contributed by atoms with Crippen LogP contribution in [-0.4, -0.2) is 39.8 Å². The maximum atomic E-state index is 13.0. The van der Waals surface area contributed by atoms with Crippen molar-refractivity contribution in [1.82, 2.24) is 4.90 Å². The van der Waals surface area contributed by atoms with Crippen molar-refractivity contribution in [1.29, 1.82) is 0 Å². The molecule has 0 aromatic heterocycles. The molecule has 1 atom stereocenters. The molecule has 0 amide bonds. The minimum atomic E-state index is -0.939. The highest BCUT2D eigenvalue weighted by Gasteiger charge is 2.36. The van der Waals surface area contributed by atoms with Gasteiger partial charge in [-0.1, -0.05) is 30.3 Å². The first-order valence-corrected chi connectivity index (χ1v) is 7.96. The molecule has 126 valence electrons. The number of likely N-dealkylation sites (tertiary alicyclic amines) is 1. The van der Waals surface area contributed by atoms with Crippen LogP contribution < -0.4 is 0 Å². The first-order valence-electron chi connectivity index (χ1n) is 7.96. The summed E-state index contributed by atoms with van der Waals surface area (Å²) in [7, 11) is 0. The van der Waals surface area contributed by atoms with Gasteiger partial charge in [-0.15, -0.1) is 0 Å². The Morgan fingerprint density at radius 1 is 1.17 bits per heavy atom. The maximum absolute atomic E-state index is 13.0. The minimum absolute atomic E-state index is 0.288. The van der Waals surface area contributed by atoms with Crippen molar-refractivity contribution in [2.24, 2.45) is 0 Å². The lowest BCUT2D eigenvalue weighted by atomic mass is 9.94. The van der Waals surface area contributed by atoms with Crippen molar-refractivity contribution in [2.45, 2.75) is 25.0 Å². The highest BCUT2D eigenvalue weighted by atomic mass is 19.1. The summed E-state index contributed by atoms with van der Waals surface area (Å²) in [5.41, 5.74) is 1.07. The fraction of sp³-hybridized carbons (Fsp3) is 0.316. The topological polar surface area (TPSA) is 60.8 Å². The molecule has 1 heterocycles. The zero-order valence-electron chi connectivity index (χ0n) is 13.3. The van der Waals surface area contributed by atoms with Crippen LogP contribution in [0.3, 0.4) is 0 Å². The number of hydrogen-bond acceptors (Lipinski definition) is 3. The number of rotatable bonds is 5. The van der Waals surface area contributed by atoms with Gasteiger partial charge in [0.15, 0.2) is 0 Å². The van der Waals surface area contributed by atoms with Crippen LogP contribution in [0.2, 0.25) is 0 Å². The van der Waals surface area contributed by atoms with Crippen molar-refractivity contribution in [3.8, 4) is 0 Å². The van der Waals surface area contributed by atoms with Crippen LogP contribution in [0.1, 0.15) is 27.9 Å². The number of carboxylic acid groups (broad SMARTS) is 1. The summed E-state index contributed by atoms with van der Waals surface area (Å²) in [6, 6.07) is 13.1. The third-order valence-corrected chi connectivity index (χ3v) is 4.50. The third kappa shape index (κ3) is 3.80. The summed E-state index contributed by atoms with van der Waals surface area (Å²) >= 11 is 0. The van der Waals surface area contributed by atoms with Crippen molar-refractivity contribution in [3.63, 3.8) is 0 Å². The van der Waals surface area contributed by atoms with E-state index in [-0.39, 0.29) is 5.82 Å². The number of benzene rings is 2. The molecule has 1 aliphatic heterocycles. The van der Waals surface area contributed by atoms with E-state index in [1.165, 1.54) is 12.1 Å². The molecule has 0 bridgehead atoms. The van der Waals surface area contributed by atoms with Crippen LogP contribution >= 0.6 is 0 Å². The second-order valence-electron chi connectivity index (χ2n) is 6.45. The SMILES string of the molecule is O=C(O)c1ccccc1CN1CCC(O)(Cc2ccc(F)cc2)C1. The lowest BCUT2D eigenvalue weighted by molar-refractivity contribution is 0.0487. The zero-order valence-corrected chi connectivity index (χ0v) is 13.3. The first-order chi connectivity index (χ1) is 11.5. The van der Waals surface area contributed by atoms with Crippen LogP contribution in [0, 0.1) is 5.82 Å². The number of hydrogen-bond donors (Lipinski definition) is 2. The number of carbonyl (C=O) groups is 1. The van der Waals surface area contributed by atoms with Gasteiger partial charge in [-0.05, 0) is 35.7 Å². The summed E-state index contributed by atoms with van der Waals surface area (Å²) in [6.45, 7) is 1.66. The Morgan fingerprint density at radius 2 is 1.88 bits per heavy atom. The average Bonchev–Trinajstić information content (AvgIpc) is 2.91. The van der Waals surface area contributed by atoms with E-state index >= 15 is 0 Å². The number of nitrogens with zero attached hydrogens (tertiary/aromatic N) is 1. The highest BCUT2D eigenvalue weighted by molar-refractivity contribution is 5.89. The summed E-state index contributed by atoms with van der Waals surface area (Å²) in [5.74, 6) is -1.23. The predicted octanol–water partition coefficient (Wildman–Crippen LogP) is 2.70. The molecule has 1 unspecified atom stereocenters. The Balaban J connectivity index is 1.67. The molecule has 0 spiro atoms. The zero-order chi connectivity index (χ0) is 17.2. The molecule has 0 aliphatic carbocycles. The van der Waals surface area contributed by atoms with Crippen LogP contribution in [0.5, 0.6) is 0 Å². The quantitative estimate of drug-likeness (QED) is 0.885. The molecule has 2 aromatic carbocycles. The number of halogens is 1. The maximum Gasteiger partial charge on any atom is 0.336 e. The summed E-state index contributed by atoms with van der Waals surface area (Å²) in [6.07, 6.45) is 1.07. The normalized spacial score (nSPS) is 21.1. The summed E-state index contributed by atoms with van der Waals surface area (Å²) < 4.78 is 13.0. The van der Waals surface area contributed by atoms with Crippen molar-refractivity contribution in [2.75, 3.05) is 13.1 Å². The fourth-order valence-corrected chi connectivity index (χ4v) is 3.31. The van der Waals surface area contributed by atoms with E-state index in [0.29, 0.717) is 38.0 Å². The van der Waals surface area contributed by atoms with Gasteiger partial charge in [0.05, 0.1) is 11.2 Å². The molecular formula is C19H20FNO3. The Labute approximate surface area is 140 Å². The Bertz CT molecular complexity index is 732. The van der Waals surface area contributed by atoms with Gasteiger partial charge in [-0.3, -0.25) is 4.90 Å². The van der Waals surface area contributed by atoms with Gasteiger partial charge in [-0.2, -0.15) is 0 Å². The standard InChI is InChI=1S/C19H20FNO3/c20-16-7-5-14(6-8-16)11-19(24)9-10-21(13-19)12-15-3-1-2-4-17(15)18(22)23/h1-8,24H,9-13H2,(H,22,23). The van der Waals surface area contributed by atoms with E-state index in [4.69, 9.17) is 0 Å². The van der Waals surface area contributed by atoms with Crippen molar-refractivity contribution < 1.29 is 19.4 Å². The lowest BCUT2D eigenvalue weighted by Gasteiger charge is -2.24. The molecule has 3 rings (SSSR count). The third-order valence-electron chi connectivity index (χ3n) is 4.50. The van der Waals surface area contributed by atoms with E-state index in [9.17, 15) is 19.4 Å². The molecule has 1 fully saturated rings. The smallest absolute Gasteiger partial charge is 0.336 e. The summed E-state index contributed by atoms with van der Waals surface area (Å²) in [5, 5.41) is 20.1. The molecule has 4 nitrogen and oxygen atoms in total. The highest BCUT2D eigenvalue weighted by Crippen LogP contribution is 2.27. The molecule has 0 radical (unpaired) electrons. The van der Waals surface area contributed by atoms with Gasteiger partial charge in [-0.25, -0.2) is 9.18 Å². The fourth-order valence-electron chi connectivity index (χ4n) is 3.31.